The maximum atomic E-state index is 10.8. The van der Waals surface area contributed by atoms with E-state index in [2.05, 4.69) is 4.74 Å². The van der Waals surface area contributed by atoms with Gasteiger partial charge in [-0.1, -0.05) is 6.07 Å². The molecule has 2 rings (SSSR count). The van der Waals surface area contributed by atoms with Crippen molar-refractivity contribution in [3.63, 3.8) is 0 Å². The number of rotatable bonds is 3. The van der Waals surface area contributed by atoms with Crippen molar-refractivity contribution < 1.29 is 24.0 Å². The Balaban J connectivity index is 1.91. The zero-order valence-corrected chi connectivity index (χ0v) is 8.54. The van der Waals surface area contributed by atoms with Gasteiger partial charge in [-0.3, -0.25) is 0 Å². The molecular weight excluding hydrogens is 232 g/mol. The molecule has 1 heterocycles. The Hall–Kier alpha value is -2.51. The third-order valence-electron chi connectivity index (χ3n) is 1.99. The lowest BCUT2D eigenvalue weighted by molar-refractivity contribution is -0.530. The van der Waals surface area contributed by atoms with Crippen molar-refractivity contribution in [1.29, 1.82) is 0 Å². The third kappa shape index (κ3) is 2.74. The highest BCUT2D eigenvalue weighted by atomic mass is 16.7. The first-order valence-corrected chi connectivity index (χ1v) is 4.61. The molecule has 1 aliphatic rings. The molecule has 1 amide bonds. The van der Waals surface area contributed by atoms with Crippen LogP contribution in [-0.2, 0) is 11.3 Å². The van der Waals surface area contributed by atoms with Gasteiger partial charge in [-0.25, -0.2) is 14.9 Å². The lowest BCUT2D eigenvalue weighted by Gasteiger charge is -2.03. The van der Waals surface area contributed by atoms with Crippen LogP contribution >= 0.6 is 0 Å². The van der Waals surface area contributed by atoms with E-state index in [-0.39, 0.29) is 13.4 Å². The fourth-order valence-electron chi connectivity index (χ4n) is 1.29. The number of nitro groups is 1. The number of carbonyl (C=O) groups excluding carboxylic acids is 1. The third-order valence-corrected chi connectivity index (χ3v) is 1.99. The number of fused-ring (bicyclic) bond motifs is 1. The van der Waals surface area contributed by atoms with Gasteiger partial charge in [0.2, 0.25) is 6.79 Å². The number of hydrogen-bond donors (Lipinski definition) is 1. The molecule has 8 nitrogen and oxygen atoms in total. The predicted octanol–water partition coefficient (Wildman–Crippen LogP) is 0.833. The zero-order valence-electron chi connectivity index (χ0n) is 8.54. The van der Waals surface area contributed by atoms with Gasteiger partial charge in [-0.05, 0) is 23.1 Å². The van der Waals surface area contributed by atoms with Crippen molar-refractivity contribution in [2.24, 2.45) is 0 Å². The van der Waals surface area contributed by atoms with Crippen LogP contribution in [0.5, 0.6) is 11.5 Å². The molecule has 1 aromatic rings. The van der Waals surface area contributed by atoms with Gasteiger partial charge in [-0.2, -0.15) is 0 Å². The lowest BCUT2D eigenvalue weighted by Crippen LogP contribution is -2.29. The number of benzene rings is 1. The molecule has 1 aliphatic heterocycles. The van der Waals surface area contributed by atoms with Crippen LogP contribution in [0.25, 0.3) is 0 Å². The Bertz CT molecular complexity index is 461. The van der Waals surface area contributed by atoms with Crippen molar-refractivity contribution in [2.75, 3.05) is 6.79 Å². The van der Waals surface area contributed by atoms with Crippen LogP contribution in [0.4, 0.5) is 4.79 Å². The van der Waals surface area contributed by atoms with Crippen LogP contribution in [0.1, 0.15) is 5.56 Å². The fraction of sp³-hybridized carbons (Fsp3) is 0.222. The van der Waals surface area contributed by atoms with Gasteiger partial charge in [0.05, 0.1) is 0 Å². The quantitative estimate of drug-likeness (QED) is 0.620. The number of hydrogen-bond acceptors (Lipinski definition) is 6. The highest BCUT2D eigenvalue weighted by Crippen LogP contribution is 2.32. The van der Waals surface area contributed by atoms with E-state index in [0.29, 0.717) is 17.1 Å². The summed E-state index contributed by atoms with van der Waals surface area (Å²) in [6, 6.07) is 4.99. The minimum atomic E-state index is -1.12. The molecule has 1 N–H and O–H groups in total. The van der Waals surface area contributed by atoms with E-state index in [1.54, 1.807) is 18.2 Å². The highest BCUT2D eigenvalue weighted by Gasteiger charge is 2.14. The highest BCUT2D eigenvalue weighted by molar-refractivity contribution is 5.65. The van der Waals surface area contributed by atoms with Crippen molar-refractivity contribution in [2.45, 2.75) is 6.61 Å². The summed E-state index contributed by atoms with van der Waals surface area (Å²) in [5, 5.41) is 8.95. The van der Waals surface area contributed by atoms with Gasteiger partial charge in [0, 0.05) is 0 Å². The molecule has 0 atom stereocenters. The van der Waals surface area contributed by atoms with Gasteiger partial charge in [0.25, 0.3) is 0 Å². The zero-order chi connectivity index (χ0) is 12.3. The largest absolute Gasteiger partial charge is 0.465 e. The Labute approximate surface area is 95.2 Å². The van der Waals surface area contributed by atoms with Gasteiger partial charge in [-0.15, -0.1) is 0 Å². The fourth-order valence-corrected chi connectivity index (χ4v) is 1.29. The average molecular weight is 240 g/mol. The van der Waals surface area contributed by atoms with E-state index in [1.807, 2.05) is 0 Å². The van der Waals surface area contributed by atoms with E-state index in [4.69, 9.17) is 9.47 Å². The standard InChI is InChI=1S/C9H8N2O6/c12-9(10-11(13)14)15-4-6-1-2-7-8(3-6)17-5-16-7/h1-3H,4-5H2,(H,10,12). The summed E-state index contributed by atoms with van der Waals surface area (Å²) in [6.45, 7) is 0.0672. The smallest absolute Gasteiger partial charge is 0.454 e. The summed E-state index contributed by atoms with van der Waals surface area (Å²) in [7, 11) is 0. The molecule has 8 heteroatoms. The normalized spacial score (nSPS) is 12.0. The molecule has 0 unspecified atom stereocenters. The maximum Gasteiger partial charge on any atom is 0.465 e. The van der Waals surface area contributed by atoms with E-state index >= 15 is 0 Å². The molecule has 90 valence electrons. The summed E-state index contributed by atoms with van der Waals surface area (Å²) in [6.07, 6.45) is -1.12. The maximum absolute atomic E-state index is 10.8. The molecular formula is C9H8N2O6. The van der Waals surface area contributed by atoms with Crippen molar-refractivity contribution in [1.82, 2.24) is 5.43 Å². The second-order valence-electron chi connectivity index (χ2n) is 3.13. The van der Waals surface area contributed by atoms with E-state index < -0.39 is 11.1 Å². The van der Waals surface area contributed by atoms with Crippen LogP contribution < -0.4 is 14.9 Å². The first kappa shape index (κ1) is 11.0. The number of nitrogens with one attached hydrogen (secondary N) is 1. The van der Waals surface area contributed by atoms with Crippen molar-refractivity contribution >= 4 is 6.09 Å². The summed E-state index contributed by atoms with van der Waals surface area (Å²) in [5.74, 6) is 1.17. The Morgan fingerprint density at radius 1 is 1.47 bits per heavy atom. The Kier molecular flexibility index (Phi) is 2.95. The van der Waals surface area contributed by atoms with E-state index in [1.165, 1.54) is 5.43 Å². The summed E-state index contributed by atoms with van der Waals surface area (Å²) >= 11 is 0. The van der Waals surface area contributed by atoms with Gasteiger partial charge in [0.15, 0.2) is 16.5 Å². The molecule has 17 heavy (non-hydrogen) atoms. The molecule has 1 aromatic carbocycles. The first-order chi connectivity index (χ1) is 8.15. The van der Waals surface area contributed by atoms with Crippen LogP contribution in [-0.4, -0.2) is 17.9 Å². The SMILES string of the molecule is O=C(N[N+](=O)[O-])OCc1ccc2c(c1)OCO2. The van der Waals surface area contributed by atoms with Crippen LogP contribution in [0.3, 0.4) is 0 Å². The second-order valence-corrected chi connectivity index (χ2v) is 3.13. The number of ether oxygens (including phenoxy) is 3. The van der Waals surface area contributed by atoms with Crippen LogP contribution in [0, 0.1) is 10.1 Å². The monoisotopic (exact) mass is 240 g/mol. The van der Waals surface area contributed by atoms with Gasteiger partial charge >= 0.3 is 6.09 Å². The molecule has 0 saturated heterocycles. The molecule has 0 aliphatic carbocycles. The van der Waals surface area contributed by atoms with E-state index in [0.717, 1.165) is 0 Å². The van der Waals surface area contributed by atoms with Crippen LogP contribution in [0.15, 0.2) is 18.2 Å². The summed E-state index contributed by atoms with van der Waals surface area (Å²) < 4.78 is 14.8. The van der Waals surface area contributed by atoms with Crippen LogP contribution in [0.2, 0.25) is 0 Å². The second kappa shape index (κ2) is 4.56. The summed E-state index contributed by atoms with van der Waals surface area (Å²) in [5.41, 5.74) is 2.02. The number of carbonyl (C=O) groups is 1. The Morgan fingerprint density at radius 3 is 3.00 bits per heavy atom. The van der Waals surface area contributed by atoms with Gasteiger partial charge in [0.1, 0.15) is 6.61 Å². The van der Waals surface area contributed by atoms with Crippen molar-refractivity contribution in [3.05, 3.63) is 33.9 Å². The Morgan fingerprint density at radius 2 is 2.24 bits per heavy atom. The first-order valence-electron chi connectivity index (χ1n) is 4.61. The minimum Gasteiger partial charge on any atom is -0.454 e. The number of hydrazine groups is 1. The number of nitrogens with zero attached hydrogens (tertiary/aromatic N) is 1. The van der Waals surface area contributed by atoms with E-state index in [9.17, 15) is 14.9 Å². The predicted molar refractivity (Wildman–Crippen MR) is 52.9 cm³/mol. The van der Waals surface area contributed by atoms with Crippen molar-refractivity contribution in [3.8, 4) is 11.5 Å². The number of amides is 1. The molecule has 0 saturated carbocycles. The average Bonchev–Trinajstić information content (AvgIpc) is 2.72. The molecule has 0 bridgehead atoms. The molecule has 0 fully saturated rings. The molecule has 0 radical (unpaired) electrons. The topological polar surface area (TPSA) is 99.9 Å². The minimum absolute atomic E-state index is 0.0870. The van der Waals surface area contributed by atoms with Gasteiger partial charge < -0.3 is 14.2 Å². The molecule has 0 aromatic heterocycles. The summed E-state index contributed by atoms with van der Waals surface area (Å²) in [4.78, 5) is 20.8. The molecule has 0 spiro atoms. The lowest BCUT2D eigenvalue weighted by atomic mass is 10.2.